The smallest absolute Gasteiger partial charge is 0.150 e. The van der Waals surface area contributed by atoms with Gasteiger partial charge in [-0.1, -0.05) is 80.3 Å². The molecule has 1 atom stereocenters. The second-order valence-corrected chi connectivity index (χ2v) is 5.61. The molecule has 1 rings (SSSR count). The highest BCUT2D eigenvalue weighted by Gasteiger charge is 2.37. The molecule has 0 aliphatic rings. The average Bonchev–Trinajstić information content (AvgIpc) is 2.65. The highest BCUT2D eigenvalue weighted by Crippen LogP contribution is 2.39. The molecule has 0 spiro atoms. The highest BCUT2D eigenvalue weighted by molar-refractivity contribution is 5.79. The van der Waals surface area contributed by atoms with E-state index in [1.807, 2.05) is 63.4 Å². The molecule has 0 heterocycles. The summed E-state index contributed by atoms with van der Waals surface area (Å²) >= 11 is 0. The lowest BCUT2D eigenvalue weighted by atomic mass is 9.73. The Hall–Kier alpha value is -2.45. The van der Waals surface area contributed by atoms with E-state index >= 15 is 0 Å². The number of rotatable bonds is 9. The summed E-state index contributed by atoms with van der Waals surface area (Å²) in [6.07, 6.45) is 15.9. The third kappa shape index (κ3) is 4.34. The quantitative estimate of drug-likeness (QED) is 0.476. The number of carbonyl (C=O) groups is 1. The Bertz CT molecular complexity index is 707. The first-order chi connectivity index (χ1) is 12.2. The molecule has 0 aromatic heterocycles. The molecule has 2 nitrogen and oxygen atoms in total. The zero-order valence-corrected chi connectivity index (χ0v) is 15.8. The summed E-state index contributed by atoms with van der Waals surface area (Å²) in [6, 6.07) is 7.73. The molecule has 0 saturated heterocycles. The Morgan fingerprint density at radius 2 is 1.92 bits per heavy atom. The lowest BCUT2D eigenvalue weighted by molar-refractivity contribution is 0.112. The molecule has 0 saturated carbocycles. The SMILES string of the molecule is C=C/C=C\C(=C/C)C(NC)(C(/C=C\C)=C/CC)c1ccccc1C=O. The number of hydrogen-bond acceptors (Lipinski definition) is 2. The van der Waals surface area contributed by atoms with Gasteiger partial charge in [0.2, 0.25) is 0 Å². The van der Waals surface area contributed by atoms with Crippen LogP contribution < -0.4 is 5.32 Å². The molecule has 2 heteroatoms. The van der Waals surface area contributed by atoms with E-state index in [1.165, 1.54) is 0 Å². The molecule has 0 amide bonds. The van der Waals surface area contributed by atoms with Crippen molar-refractivity contribution in [3.8, 4) is 0 Å². The van der Waals surface area contributed by atoms with Crippen LogP contribution in [0.4, 0.5) is 0 Å². The summed E-state index contributed by atoms with van der Waals surface area (Å²) in [5.74, 6) is 0. The van der Waals surface area contributed by atoms with Crippen LogP contribution in [-0.2, 0) is 5.54 Å². The fourth-order valence-corrected chi connectivity index (χ4v) is 3.20. The van der Waals surface area contributed by atoms with Crippen LogP contribution in [0, 0.1) is 0 Å². The molecule has 1 aromatic carbocycles. The van der Waals surface area contributed by atoms with Crippen LogP contribution in [0.3, 0.4) is 0 Å². The van der Waals surface area contributed by atoms with E-state index in [0.29, 0.717) is 5.56 Å². The third-order valence-corrected chi connectivity index (χ3v) is 4.23. The van der Waals surface area contributed by atoms with Crippen LogP contribution >= 0.6 is 0 Å². The van der Waals surface area contributed by atoms with Crippen LogP contribution in [0.25, 0.3) is 0 Å². The number of hydrogen-bond donors (Lipinski definition) is 1. The Labute approximate surface area is 152 Å². The fourth-order valence-electron chi connectivity index (χ4n) is 3.20. The monoisotopic (exact) mass is 335 g/mol. The van der Waals surface area contributed by atoms with Crippen molar-refractivity contribution in [2.75, 3.05) is 7.05 Å². The van der Waals surface area contributed by atoms with Gasteiger partial charge in [0, 0.05) is 5.56 Å². The summed E-state index contributed by atoms with van der Waals surface area (Å²) in [7, 11) is 1.93. The minimum Gasteiger partial charge on any atom is -0.303 e. The van der Waals surface area contributed by atoms with Crippen molar-refractivity contribution >= 4 is 6.29 Å². The summed E-state index contributed by atoms with van der Waals surface area (Å²) in [5.41, 5.74) is 3.16. The van der Waals surface area contributed by atoms with Crippen LogP contribution in [0.15, 0.2) is 84.5 Å². The van der Waals surface area contributed by atoms with E-state index in [4.69, 9.17) is 0 Å². The van der Waals surface area contributed by atoms with Crippen LogP contribution in [0.2, 0.25) is 0 Å². The van der Waals surface area contributed by atoms with Crippen molar-refractivity contribution in [2.45, 2.75) is 32.7 Å². The maximum atomic E-state index is 11.7. The molecular weight excluding hydrogens is 306 g/mol. The van der Waals surface area contributed by atoms with Crippen molar-refractivity contribution in [1.82, 2.24) is 5.32 Å². The van der Waals surface area contributed by atoms with Crippen LogP contribution in [0.5, 0.6) is 0 Å². The first-order valence-corrected chi connectivity index (χ1v) is 8.68. The van der Waals surface area contributed by atoms with Gasteiger partial charge < -0.3 is 5.32 Å². The van der Waals surface area contributed by atoms with Crippen molar-refractivity contribution in [2.24, 2.45) is 0 Å². The summed E-state index contributed by atoms with van der Waals surface area (Å²) in [5, 5.41) is 3.50. The molecule has 0 aliphatic carbocycles. The third-order valence-electron chi connectivity index (χ3n) is 4.23. The largest absolute Gasteiger partial charge is 0.303 e. The van der Waals surface area contributed by atoms with E-state index in [-0.39, 0.29) is 0 Å². The molecule has 0 aliphatic heterocycles. The average molecular weight is 335 g/mol. The number of carbonyl (C=O) groups excluding carboxylic acids is 1. The van der Waals surface area contributed by atoms with Crippen molar-refractivity contribution in [3.05, 3.63) is 95.6 Å². The van der Waals surface area contributed by atoms with Gasteiger partial charge in [0.1, 0.15) is 6.29 Å². The normalized spacial score (nSPS) is 15.5. The minimum atomic E-state index is -0.617. The first-order valence-electron chi connectivity index (χ1n) is 8.68. The van der Waals surface area contributed by atoms with Gasteiger partial charge in [0.15, 0.2) is 0 Å². The standard InChI is InChI=1S/C23H29NO/c1-6-10-16-20(9-4)23(24-5,21(13-7-2)14-8-3)22-17-12-11-15-19(22)18-25/h6-7,9-18,24H,1,8H2,2-5H3/b13-7-,16-10-,20-9+,21-14+. The van der Waals surface area contributed by atoms with E-state index in [1.54, 1.807) is 6.08 Å². The van der Waals surface area contributed by atoms with E-state index in [9.17, 15) is 4.79 Å². The maximum absolute atomic E-state index is 11.7. The number of likely N-dealkylation sites (N-methyl/N-ethyl adjacent to an activating group) is 1. The van der Waals surface area contributed by atoms with Crippen LogP contribution in [0.1, 0.15) is 43.1 Å². The van der Waals surface area contributed by atoms with Gasteiger partial charge in [0.25, 0.3) is 0 Å². The second kappa shape index (κ2) is 10.4. The lowest BCUT2D eigenvalue weighted by Gasteiger charge is -2.38. The highest BCUT2D eigenvalue weighted by atomic mass is 16.1. The molecule has 0 fully saturated rings. The van der Waals surface area contributed by atoms with E-state index < -0.39 is 5.54 Å². The van der Waals surface area contributed by atoms with E-state index in [2.05, 4.69) is 37.0 Å². The van der Waals surface area contributed by atoms with E-state index in [0.717, 1.165) is 29.4 Å². The summed E-state index contributed by atoms with van der Waals surface area (Å²) < 4.78 is 0. The molecule has 1 aromatic rings. The molecular formula is C23H29NO. The van der Waals surface area contributed by atoms with Gasteiger partial charge in [-0.25, -0.2) is 0 Å². The van der Waals surface area contributed by atoms with Crippen molar-refractivity contribution < 1.29 is 4.79 Å². The minimum absolute atomic E-state index is 0.617. The van der Waals surface area contributed by atoms with Crippen LogP contribution in [-0.4, -0.2) is 13.3 Å². The Morgan fingerprint density at radius 1 is 1.20 bits per heavy atom. The van der Waals surface area contributed by atoms with Gasteiger partial charge in [-0.05, 0) is 44.0 Å². The number of aldehydes is 1. The lowest BCUT2D eigenvalue weighted by Crippen LogP contribution is -2.44. The van der Waals surface area contributed by atoms with Crippen molar-refractivity contribution in [3.63, 3.8) is 0 Å². The maximum Gasteiger partial charge on any atom is 0.150 e. The Morgan fingerprint density at radius 3 is 2.44 bits per heavy atom. The topological polar surface area (TPSA) is 29.1 Å². The summed E-state index contributed by atoms with van der Waals surface area (Å²) in [4.78, 5) is 11.7. The molecule has 25 heavy (non-hydrogen) atoms. The molecule has 0 radical (unpaired) electrons. The van der Waals surface area contributed by atoms with Crippen molar-refractivity contribution in [1.29, 1.82) is 0 Å². The second-order valence-electron chi connectivity index (χ2n) is 5.61. The molecule has 132 valence electrons. The first kappa shape index (κ1) is 20.6. The zero-order valence-electron chi connectivity index (χ0n) is 15.8. The zero-order chi connectivity index (χ0) is 18.7. The van der Waals surface area contributed by atoms with Gasteiger partial charge in [0.05, 0.1) is 5.54 Å². The number of allylic oxidation sites excluding steroid dienone is 5. The van der Waals surface area contributed by atoms with Gasteiger partial charge in [-0.2, -0.15) is 0 Å². The Balaban J connectivity index is 3.93. The summed E-state index contributed by atoms with van der Waals surface area (Å²) in [6.45, 7) is 9.91. The van der Waals surface area contributed by atoms with Gasteiger partial charge >= 0.3 is 0 Å². The molecule has 1 N–H and O–H groups in total. The number of nitrogens with one attached hydrogen (secondary N) is 1. The molecule has 0 bridgehead atoms. The predicted molar refractivity (Wildman–Crippen MR) is 109 cm³/mol. The van der Waals surface area contributed by atoms with Gasteiger partial charge in [-0.3, -0.25) is 4.79 Å². The van der Waals surface area contributed by atoms with Gasteiger partial charge in [-0.15, -0.1) is 0 Å². The fraction of sp³-hybridized carbons (Fsp3) is 0.261. The predicted octanol–water partition coefficient (Wildman–Crippen LogP) is 5.51. The Kier molecular flexibility index (Phi) is 8.59. The molecule has 1 unspecified atom stereocenters. The number of benzene rings is 1.